The molecule has 0 radical (unpaired) electrons. The minimum Gasteiger partial charge on any atom is -0.481 e. The molecular formula is C20H26N2O4. The maximum absolute atomic E-state index is 12.7. The summed E-state index contributed by atoms with van der Waals surface area (Å²) in [5, 5.41) is 3.25. The number of nitrogens with one attached hydrogen (secondary N) is 1. The van der Waals surface area contributed by atoms with Crippen molar-refractivity contribution >= 4 is 11.9 Å². The van der Waals surface area contributed by atoms with E-state index in [1.165, 1.54) is 32.6 Å². The second-order valence-electron chi connectivity index (χ2n) is 8.32. The Morgan fingerprint density at radius 2 is 1.77 bits per heavy atom. The van der Waals surface area contributed by atoms with Crippen LogP contribution in [0.15, 0.2) is 18.3 Å². The predicted molar refractivity (Wildman–Crippen MR) is 94.7 cm³/mol. The highest BCUT2D eigenvalue weighted by Crippen LogP contribution is 2.55. The van der Waals surface area contributed by atoms with Gasteiger partial charge in [0.15, 0.2) is 6.10 Å². The largest absolute Gasteiger partial charge is 0.481 e. The van der Waals surface area contributed by atoms with Gasteiger partial charge in [0.1, 0.15) is 0 Å². The predicted octanol–water partition coefficient (Wildman–Crippen LogP) is 2.72. The van der Waals surface area contributed by atoms with Gasteiger partial charge in [-0.25, -0.2) is 9.78 Å². The molecule has 4 fully saturated rings. The quantitative estimate of drug-likeness (QED) is 0.819. The Morgan fingerprint density at radius 1 is 1.15 bits per heavy atom. The van der Waals surface area contributed by atoms with E-state index in [1.54, 1.807) is 19.1 Å². The van der Waals surface area contributed by atoms with Crippen molar-refractivity contribution in [2.75, 3.05) is 7.11 Å². The van der Waals surface area contributed by atoms with Crippen molar-refractivity contribution in [2.45, 2.75) is 57.1 Å². The Balaban J connectivity index is 1.36. The third kappa shape index (κ3) is 3.29. The molecule has 4 aliphatic rings. The minimum absolute atomic E-state index is 0.0752. The van der Waals surface area contributed by atoms with E-state index >= 15 is 0 Å². The van der Waals surface area contributed by atoms with Gasteiger partial charge in [-0.2, -0.15) is 0 Å². The molecule has 4 bridgehead atoms. The maximum atomic E-state index is 12.7. The molecule has 4 saturated carbocycles. The van der Waals surface area contributed by atoms with Gasteiger partial charge < -0.3 is 14.8 Å². The fourth-order valence-electron chi connectivity index (χ4n) is 5.53. The first-order chi connectivity index (χ1) is 12.5. The average Bonchev–Trinajstić information content (AvgIpc) is 2.60. The molecule has 0 aliphatic heterocycles. The summed E-state index contributed by atoms with van der Waals surface area (Å²) >= 11 is 0. The Labute approximate surface area is 153 Å². The number of carbonyl (C=O) groups excluding carboxylic acids is 2. The lowest BCUT2D eigenvalue weighted by atomic mass is 9.53. The van der Waals surface area contributed by atoms with Gasteiger partial charge in [-0.05, 0) is 69.3 Å². The molecule has 1 amide bonds. The summed E-state index contributed by atoms with van der Waals surface area (Å²) in [5.41, 5.74) is 0.231. The Bertz CT molecular complexity index is 665. The number of pyridine rings is 1. The number of aromatic nitrogens is 1. The molecule has 1 aromatic heterocycles. The van der Waals surface area contributed by atoms with Crippen molar-refractivity contribution in [3.63, 3.8) is 0 Å². The monoisotopic (exact) mass is 358 g/mol. The van der Waals surface area contributed by atoms with Crippen molar-refractivity contribution in [1.82, 2.24) is 10.3 Å². The minimum atomic E-state index is -0.822. The third-order valence-corrected chi connectivity index (χ3v) is 6.26. The molecule has 0 aromatic carbocycles. The summed E-state index contributed by atoms with van der Waals surface area (Å²) in [6.45, 7) is 1.63. The van der Waals surface area contributed by atoms with Crippen LogP contribution < -0.4 is 10.1 Å². The molecule has 26 heavy (non-hydrogen) atoms. The zero-order valence-corrected chi connectivity index (χ0v) is 15.4. The molecule has 6 heteroatoms. The molecule has 1 atom stereocenters. The molecule has 1 N–H and O–H groups in total. The first-order valence-electron chi connectivity index (χ1n) is 9.49. The molecule has 5 rings (SSSR count). The number of amides is 1. The van der Waals surface area contributed by atoms with E-state index < -0.39 is 12.1 Å². The highest BCUT2D eigenvalue weighted by atomic mass is 16.5. The second kappa shape index (κ2) is 6.56. The highest BCUT2D eigenvalue weighted by molar-refractivity contribution is 5.92. The SMILES string of the molecule is COc1ccc(C(=O)O[C@H](C)C(=O)NC23CC4CC(CC(C4)C2)C3)cn1. The summed E-state index contributed by atoms with van der Waals surface area (Å²) in [7, 11) is 1.51. The molecule has 6 nitrogen and oxygen atoms in total. The van der Waals surface area contributed by atoms with E-state index in [4.69, 9.17) is 9.47 Å². The summed E-state index contributed by atoms with van der Waals surface area (Å²) < 4.78 is 10.3. The number of hydrogen-bond donors (Lipinski definition) is 1. The normalized spacial score (nSPS) is 32.8. The van der Waals surface area contributed by atoms with Crippen LogP contribution in [0.3, 0.4) is 0 Å². The van der Waals surface area contributed by atoms with Crippen molar-refractivity contribution in [3.05, 3.63) is 23.9 Å². The van der Waals surface area contributed by atoms with Gasteiger partial charge in [-0.1, -0.05) is 0 Å². The van der Waals surface area contributed by atoms with Gasteiger partial charge in [0.05, 0.1) is 12.7 Å². The van der Waals surface area contributed by atoms with Crippen LogP contribution in [0, 0.1) is 17.8 Å². The summed E-state index contributed by atoms with van der Waals surface area (Å²) in [5.74, 6) is 1.95. The fourth-order valence-corrected chi connectivity index (χ4v) is 5.53. The van der Waals surface area contributed by atoms with Gasteiger partial charge in [0, 0.05) is 17.8 Å². The van der Waals surface area contributed by atoms with Crippen LogP contribution in [0.25, 0.3) is 0 Å². The van der Waals surface area contributed by atoms with Crippen LogP contribution in [-0.2, 0) is 9.53 Å². The van der Waals surface area contributed by atoms with Crippen LogP contribution in [0.5, 0.6) is 5.88 Å². The third-order valence-electron chi connectivity index (χ3n) is 6.26. The summed E-state index contributed by atoms with van der Waals surface area (Å²) in [4.78, 5) is 28.9. The Morgan fingerprint density at radius 3 is 2.27 bits per heavy atom. The average molecular weight is 358 g/mol. The van der Waals surface area contributed by atoms with Crippen LogP contribution in [-0.4, -0.2) is 35.6 Å². The number of ether oxygens (including phenoxy) is 2. The lowest BCUT2D eigenvalue weighted by Crippen LogP contribution is -2.61. The first kappa shape index (κ1) is 17.3. The Hall–Kier alpha value is -2.11. The molecular weight excluding hydrogens is 332 g/mol. The van der Waals surface area contributed by atoms with Crippen molar-refractivity contribution in [3.8, 4) is 5.88 Å². The first-order valence-corrected chi connectivity index (χ1v) is 9.49. The molecule has 140 valence electrons. The number of carbonyl (C=O) groups is 2. The molecule has 0 saturated heterocycles. The van der Waals surface area contributed by atoms with Crippen molar-refractivity contribution in [1.29, 1.82) is 0 Å². The van der Waals surface area contributed by atoms with Gasteiger partial charge in [0.25, 0.3) is 5.91 Å². The van der Waals surface area contributed by atoms with Crippen LogP contribution in [0.4, 0.5) is 0 Å². The smallest absolute Gasteiger partial charge is 0.340 e. The van der Waals surface area contributed by atoms with E-state index in [0.29, 0.717) is 11.4 Å². The van der Waals surface area contributed by atoms with E-state index in [-0.39, 0.29) is 11.4 Å². The number of esters is 1. The fraction of sp³-hybridized carbons (Fsp3) is 0.650. The van der Waals surface area contributed by atoms with Gasteiger partial charge in [-0.15, -0.1) is 0 Å². The number of rotatable bonds is 5. The van der Waals surface area contributed by atoms with E-state index in [2.05, 4.69) is 10.3 Å². The summed E-state index contributed by atoms with van der Waals surface area (Å²) in [6.07, 6.45) is 7.77. The van der Waals surface area contributed by atoms with E-state index in [0.717, 1.165) is 37.0 Å². The van der Waals surface area contributed by atoms with E-state index in [9.17, 15) is 9.59 Å². The standard InChI is InChI=1S/C20H26N2O4/c1-12(26-19(24)16-3-4-17(25-2)21-11-16)18(23)22-20-8-13-5-14(9-20)7-15(6-13)10-20/h3-4,11-15H,5-10H2,1-2H3,(H,22,23)/t12-,13?,14?,15?,20?/m1/s1. The Kier molecular flexibility index (Phi) is 4.37. The van der Waals surface area contributed by atoms with Gasteiger partial charge in [-0.3, -0.25) is 4.79 Å². The number of nitrogens with zero attached hydrogens (tertiary/aromatic N) is 1. The lowest BCUT2D eigenvalue weighted by Gasteiger charge is -2.57. The maximum Gasteiger partial charge on any atom is 0.340 e. The van der Waals surface area contributed by atoms with Crippen LogP contribution >= 0.6 is 0 Å². The molecule has 1 heterocycles. The van der Waals surface area contributed by atoms with Crippen molar-refractivity contribution < 1.29 is 19.1 Å². The second-order valence-corrected chi connectivity index (χ2v) is 8.32. The van der Waals surface area contributed by atoms with Crippen LogP contribution in [0.1, 0.15) is 55.8 Å². The topological polar surface area (TPSA) is 77.5 Å². The zero-order chi connectivity index (χ0) is 18.3. The number of methoxy groups -OCH3 is 1. The lowest BCUT2D eigenvalue weighted by molar-refractivity contribution is -0.134. The van der Waals surface area contributed by atoms with Gasteiger partial charge >= 0.3 is 5.97 Å². The van der Waals surface area contributed by atoms with Gasteiger partial charge in [0.2, 0.25) is 5.88 Å². The van der Waals surface area contributed by atoms with E-state index in [1.807, 2.05) is 0 Å². The number of hydrogen-bond acceptors (Lipinski definition) is 5. The zero-order valence-electron chi connectivity index (χ0n) is 15.4. The molecule has 4 aliphatic carbocycles. The van der Waals surface area contributed by atoms with Crippen LogP contribution in [0.2, 0.25) is 0 Å². The highest BCUT2D eigenvalue weighted by Gasteiger charge is 2.51. The summed E-state index contributed by atoms with van der Waals surface area (Å²) in [6, 6.07) is 3.18. The molecule has 0 unspecified atom stereocenters. The van der Waals surface area contributed by atoms with Crippen molar-refractivity contribution in [2.24, 2.45) is 17.8 Å². The molecule has 1 aromatic rings. The molecule has 0 spiro atoms.